The second-order valence-electron chi connectivity index (χ2n) is 7.31. The smallest absolute Gasteiger partial charge is 0.247 e. The molecular weight excluding hydrogens is 423 g/mol. The molecule has 156 valence electrons. The fourth-order valence-corrected chi connectivity index (χ4v) is 4.15. The third-order valence-corrected chi connectivity index (χ3v) is 5.81. The van der Waals surface area contributed by atoms with Crippen LogP contribution in [0.15, 0.2) is 46.9 Å². The number of rotatable bonds is 5. The number of hydrogen-bond acceptors (Lipinski definition) is 5. The molecular formula is C22H22Cl2N4O2. The van der Waals surface area contributed by atoms with Crippen LogP contribution in [-0.4, -0.2) is 47.2 Å². The maximum absolute atomic E-state index is 12.6. The molecule has 1 saturated heterocycles. The predicted molar refractivity (Wildman–Crippen MR) is 118 cm³/mol. The van der Waals surface area contributed by atoms with E-state index in [9.17, 15) is 4.79 Å². The number of benzene rings is 2. The average Bonchev–Trinajstić information content (AvgIpc) is 3.22. The molecule has 1 amide bonds. The second kappa shape index (κ2) is 9.06. The fraction of sp³-hybridized carbons (Fsp3) is 0.318. The van der Waals surface area contributed by atoms with Gasteiger partial charge in [-0.25, -0.2) is 0 Å². The van der Waals surface area contributed by atoms with Crippen molar-refractivity contribution in [3.05, 3.63) is 64.0 Å². The van der Waals surface area contributed by atoms with Gasteiger partial charge in [0.05, 0.1) is 15.7 Å². The van der Waals surface area contributed by atoms with Gasteiger partial charge in [-0.3, -0.25) is 4.79 Å². The molecule has 8 heteroatoms. The summed E-state index contributed by atoms with van der Waals surface area (Å²) in [6.45, 7) is 4.65. The Balaban J connectivity index is 1.30. The molecule has 0 N–H and O–H groups in total. The van der Waals surface area contributed by atoms with Crippen molar-refractivity contribution in [2.75, 3.05) is 31.1 Å². The summed E-state index contributed by atoms with van der Waals surface area (Å²) in [6, 6.07) is 13.4. The minimum Gasteiger partial charge on any atom is -0.421 e. The van der Waals surface area contributed by atoms with Crippen molar-refractivity contribution < 1.29 is 9.21 Å². The van der Waals surface area contributed by atoms with Gasteiger partial charge in [0.2, 0.25) is 17.7 Å². The van der Waals surface area contributed by atoms with Crippen LogP contribution in [0.2, 0.25) is 10.0 Å². The molecule has 0 spiro atoms. The standard InChI is InChI=1S/C22H22Cl2N4O2/c1-15-5-7-16(8-6-15)22-26-25-19(30-22)9-10-20(29)27-11-13-28(14-12-27)21-17(23)3-2-4-18(21)24/h2-8H,9-14H2,1H3. The molecule has 3 aromatic rings. The predicted octanol–water partition coefficient (Wildman–Crippen LogP) is 4.63. The number of carbonyl (C=O) groups excluding carboxylic acids is 1. The maximum atomic E-state index is 12.6. The van der Waals surface area contributed by atoms with Gasteiger partial charge >= 0.3 is 0 Å². The van der Waals surface area contributed by atoms with E-state index in [0.717, 1.165) is 11.3 Å². The van der Waals surface area contributed by atoms with E-state index < -0.39 is 0 Å². The van der Waals surface area contributed by atoms with Crippen molar-refractivity contribution in [2.24, 2.45) is 0 Å². The Labute approximate surface area is 185 Å². The normalized spacial score (nSPS) is 14.2. The first-order chi connectivity index (χ1) is 14.5. The number of nitrogens with zero attached hydrogens (tertiary/aromatic N) is 4. The summed E-state index contributed by atoms with van der Waals surface area (Å²) in [7, 11) is 0. The number of para-hydroxylation sites is 1. The van der Waals surface area contributed by atoms with Crippen LogP contribution in [0.25, 0.3) is 11.5 Å². The SMILES string of the molecule is Cc1ccc(-c2nnc(CCC(=O)N3CCN(c4c(Cl)cccc4Cl)CC3)o2)cc1. The Hall–Kier alpha value is -2.57. The molecule has 2 heterocycles. The Morgan fingerprint density at radius 2 is 1.67 bits per heavy atom. The molecule has 1 aliphatic heterocycles. The number of hydrogen-bond donors (Lipinski definition) is 0. The Kier molecular flexibility index (Phi) is 6.25. The first kappa shape index (κ1) is 20.7. The maximum Gasteiger partial charge on any atom is 0.247 e. The van der Waals surface area contributed by atoms with E-state index in [2.05, 4.69) is 15.1 Å². The summed E-state index contributed by atoms with van der Waals surface area (Å²) < 4.78 is 5.72. The van der Waals surface area contributed by atoms with Crippen LogP contribution < -0.4 is 4.90 Å². The lowest BCUT2D eigenvalue weighted by molar-refractivity contribution is -0.131. The van der Waals surface area contributed by atoms with Crippen molar-refractivity contribution in [1.29, 1.82) is 0 Å². The molecule has 0 atom stereocenters. The van der Waals surface area contributed by atoms with Crippen LogP contribution in [-0.2, 0) is 11.2 Å². The zero-order chi connectivity index (χ0) is 21.1. The fourth-order valence-electron chi connectivity index (χ4n) is 3.51. The zero-order valence-electron chi connectivity index (χ0n) is 16.6. The molecule has 0 bridgehead atoms. The number of aryl methyl sites for hydroxylation is 2. The lowest BCUT2D eigenvalue weighted by atomic mass is 10.1. The van der Waals surface area contributed by atoms with Crippen LogP contribution in [0, 0.1) is 6.92 Å². The summed E-state index contributed by atoms with van der Waals surface area (Å²) in [6.07, 6.45) is 0.761. The molecule has 6 nitrogen and oxygen atoms in total. The zero-order valence-corrected chi connectivity index (χ0v) is 18.2. The largest absolute Gasteiger partial charge is 0.421 e. The molecule has 0 unspecified atom stereocenters. The minimum atomic E-state index is 0.0787. The summed E-state index contributed by atoms with van der Waals surface area (Å²) in [5.41, 5.74) is 2.88. The van der Waals surface area contributed by atoms with Gasteiger partial charge in [0, 0.05) is 44.6 Å². The van der Waals surface area contributed by atoms with Crippen molar-refractivity contribution in [1.82, 2.24) is 15.1 Å². The van der Waals surface area contributed by atoms with Crippen LogP contribution in [0.3, 0.4) is 0 Å². The van der Waals surface area contributed by atoms with Crippen LogP contribution >= 0.6 is 23.2 Å². The molecule has 1 aliphatic rings. The van der Waals surface area contributed by atoms with Crippen molar-refractivity contribution in [2.45, 2.75) is 19.8 Å². The van der Waals surface area contributed by atoms with Crippen molar-refractivity contribution >= 4 is 34.8 Å². The number of anilines is 1. The van der Waals surface area contributed by atoms with E-state index in [4.69, 9.17) is 27.6 Å². The first-order valence-electron chi connectivity index (χ1n) is 9.87. The number of carbonyl (C=O) groups is 1. The van der Waals surface area contributed by atoms with Gasteiger partial charge < -0.3 is 14.2 Å². The summed E-state index contributed by atoms with van der Waals surface area (Å²) in [5.74, 6) is 1.03. The van der Waals surface area contributed by atoms with Gasteiger partial charge in [-0.15, -0.1) is 10.2 Å². The lowest BCUT2D eigenvalue weighted by Crippen LogP contribution is -2.49. The number of piperazine rings is 1. The first-order valence-corrected chi connectivity index (χ1v) is 10.6. The molecule has 4 rings (SSSR count). The number of aromatic nitrogens is 2. The van der Waals surface area contributed by atoms with Crippen LogP contribution in [0.5, 0.6) is 0 Å². The molecule has 0 aliphatic carbocycles. The Bertz CT molecular complexity index is 1010. The molecule has 0 saturated carbocycles. The average molecular weight is 445 g/mol. The van der Waals surface area contributed by atoms with Gasteiger partial charge in [-0.1, -0.05) is 47.0 Å². The van der Waals surface area contributed by atoms with Gasteiger partial charge in [0.25, 0.3) is 0 Å². The topological polar surface area (TPSA) is 62.5 Å². The van der Waals surface area contributed by atoms with Gasteiger partial charge in [-0.05, 0) is 31.2 Å². The third kappa shape index (κ3) is 4.60. The highest BCUT2D eigenvalue weighted by Crippen LogP contribution is 2.34. The molecule has 2 aromatic carbocycles. The van der Waals surface area contributed by atoms with E-state index in [1.165, 1.54) is 5.56 Å². The minimum absolute atomic E-state index is 0.0787. The Morgan fingerprint density at radius 1 is 1.00 bits per heavy atom. The van der Waals surface area contributed by atoms with E-state index in [0.29, 0.717) is 60.8 Å². The summed E-state index contributed by atoms with van der Waals surface area (Å²) >= 11 is 12.6. The van der Waals surface area contributed by atoms with Gasteiger partial charge in [-0.2, -0.15) is 0 Å². The van der Waals surface area contributed by atoms with Gasteiger partial charge in [0.15, 0.2) is 0 Å². The third-order valence-electron chi connectivity index (χ3n) is 5.20. The van der Waals surface area contributed by atoms with Crippen molar-refractivity contribution in [3.8, 4) is 11.5 Å². The van der Waals surface area contributed by atoms with Crippen molar-refractivity contribution in [3.63, 3.8) is 0 Å². The highest BCUT2D eigenvalue weighted by molar-refractivity contribution is 6.39. The van der Waals surface area contributed by atoms with E-state index >= 15 is 0 Å². The van der Waals surface area contributed by atoms with E-state index in [1.807, 2.05) is 54.3 Å². The van der Waals surface area contributed by atoms with E-state index in [1.54, 1.807) is 0 Å². The van der Waals surface area contributed by atoms with Crippen LogP contribution in [0.4, 0.5) is 5.69 Å². The second-order valence-corrected chi connectivity index (χ2v) is 8.12. The van der Waals surface area contributed by atoms with Gasteiger partial charge in [0.1, 0.15) is 0 Å². The molecule has 1 fully saturated rings. The molecule has 0 radical (unpaired) electrons. The highest BCUT2D eigenvalue weighted by atomic mass is 35.5. The van der Waals surface area contributed by atoms with Crippen LogP contribution in [0.1, 0.15) is 17.9 Å². The lowest BCUT2D eigenvalue weighted by Gasteiger charge is -2.36. The monoisotopic (exact) mass is 444 g/mol. The quantitative estimate of drug-likeness (QED) is 0.573. The molecule has 30 heavy (non-hydrogen) atoms. The Morgan fingerprint density at radius 3 is 2.33 bits per heavy atom. The summed E-state index contributed by atoms with van der Waals surface area (Å²) in [5, 5.41) is 9.43. The molecule has 1 aromatic heterocycles. The highest BCUT2D eigenvalue weighted by Gasteiger charge is 2.24. The summed E-state index contributed by atoms with van der Waals surface area (Å²) in [4.78, 5) is 16.6. The number of halogens is 2. The number of amides is 1. The van der Waals surface area contributed by atoms with E-state index in [-0.39, 0.29) is 5.91 Å².